The number of rotatable bonds is 8. The Kier molecular flexibility index (Phi) is 10.2. The highest BCUT2D eigenvalue weighted by atomic mass is 127. The fourth-order valence-corrected chi connectivity index (χ4v) is 4.77. The van der Waals surface area contributed by atoms with Crippen molar-refractivity contribution in [1.82, 2.24) is 20.5 Å². The second kappa shape index (κ2) is 13.1. The van der Waals surface area contributed by atoms with E-state index in [2.05, 4.69) is 63.0 Å². The topological polar surface area (TPSA) is 61.8 Å². The summed E-state index contributed by atoms with van der Waals surface area (Å²) in [4.78, 5) is 11.6. The van der Waals surface area contributed by atoms with Crippen LogP contribution in [0.3, 0.4) is 0 Å². The minimum Gasteiger partial charge on any atom is -0.379 e. The van der Waals surface area contributed by atoms with Crippen LogP contribution in [0.5, 0.6) is 0 Å². The zero-order chi connectivity index (χ0) is 21.3. The number of benzene rings is 2. The summed E-state index contributed by atoms with van der Waals surface area (Å²) >= 11 is 1.79. The summed E-state index contributed by atoms with van der Waals surface area (Å²) in [6.45, 7) is 6.25. The van der Waals surface area contributed by atoms with Crippen LogP contribution in [0.15, 0.2) is 53.5 Å². The number of thiazole rings is 1. The molecule has 1 aliphatic rings. The minimum absolute atomic E-state index is 0. The summed E-state index contributed by atoms with van der Waals surface area (Å²) in [6.07, 6.45) is 2.00. The summed E-state index contributed by atoms with van der Waals surface area (Å²) in [6, 6.07) is 17.0. The van der Waals surface area contributed by atoms with Crippen molar-refractivity contribution >= 4 is 51.5 Å². The average Bonchev–Trinajstić information content (AvgIpc) is 3.23. The molecule has 2 heterocycles. The number of aryl methyl sites for hydroxylation is 1. The number of guanidine groups is 1. The number of fused-ring (bicyclic) bond motifs is 1. The maximum atomic E-state index is 5.47. The summed E-state index contributed by atoms with van der Waals surface area (Å²) in [5.74, 6) is 0.838. The third-order valence-electron chi connectivity index (χ3n) is 5.48. The van der Waals surface area contributed by atoms with Gasteiger partial charge in [0.2, 0.25) is 0 Å². The average molecular weight is 566 g/mol. The third kappa shape index (κ3) is 7.13. The molecule has 8 heteroatoms. The van der Waals surface area contributed by atoms with Gasteiger partial charge >= 0.3 is 0 Å². The van der Waals surface area contributed by atoms with Gasteiger partial charge in [-0.25, -0.2) is 4.98 Å². The van der Waals surface area contributed by atoms with Crippen molar-refractivity contribution in [1.29, 1.82) is 0 Å². The Bertz CT molecular complexity index is 970. The van der Waals surface area contributed by atoms with E-state index in [0.29, 0.717) is 0 Å². The molecule has 0 amide bonds. The first-order valence-electron chi connectivity index (χ1n) is 11.0. The second-order valence-electron chi connectivity index (χ2n) is 7.69. The molecular weight excluding hydrogens is 533 g/mol. The van der Waals surface area contributed by atoms with Crippen molar-refractivity contribution in [2.45, 2.75) is 25.9 Å². The standard InChI is InChI=1S/C24H31N5OS.HI/c1-25-24(26-12-6-11-23-28-21-9-4-5-10-22(21)31-23)27-17-19-7-2-3-8-20(19)18-29-13-15-30-16-14-29;/h2-5,7-10H,6,11-18H2,1H3,(H2,25,26,27);1H. The summed E-state index contributed by atoms with van der Waals surface area (Å²) in [5, 5.41) is 8.10. The Morgan fingerprint density at radius 1 is 1.06 bits per heavy atom. The lowest BCUT2D eigenvalue weighted by atomic mass is 10.1. The first-order chi connectivity index (χ1) is 15.3. The quantitative estimate of drug-likeness (QED) is 0.187. The largest absolute Gasteiger partial charge is 0.379 e. The Labute approximate surface area is 211 Å². The van der Waals surface area contributed by atoms with Crippen LogP contribution in [-0.4, -0.2) is 55.7 Å². The smallest absolute Gasteiger partial charge is 0.191 e. The Morgan fingerprint density at radius 3 is 2.59 bits per heavy atom. The van der Waals surface area contributed by atoms with Crippen LogP contribution >= 0.6 is 35.3 Å². The first-order valence-corrected chi connectivity index (χ1v) is 11.8. The van der Waals surface area contributed by atoms with Crippen LogP contribution in [0.4, 0.5) is 0 Å². The fourth-order valence-electron chi connectivity index (χ4n) is 3.76. The molecule has 0 aliphatic carbocycles. The number of hydrogen-bond acceptors (Lipinski definition) is 5. The van der Waals surface area contributed by atoms with Gasteiger partial charge in [0, 0.05) is 46.2 Å². The molecule has 6 nitrogen and oxygen atoms in total. The number of hydrogen-bond donors (Lipinski definition) is 2. The number of para-hydroxylation sites is 1. The van der Waals surface area contributed by atoms with Gasteiger partial charge in [0.25, 0.3) is 0 Å². The third-order valence-corrected chi connectivity index (χ3v) is 6.58. The molecule has 0 saturated carbocycles. The highest BCUT2D eigenvalue weighted by molar-refractivity contribution is 14.0. The molecule has 2 aromatic carbocycles. The highest BCUT2D eigenvalue weighted by Crippen LogP contribution is 2.22. The highest BCUT2D eigenvalue weighted by Gasteiger charge is 2.13. The van der Waals surface area contributed by atoms with Gasteiger partial charge in [-0.05, 0) is 29.7 Å². The van der Waals surface area contributed by atoms with E-state index in [1.165, 1.54) is 20.8 Å². The summed E-state index contributed by atoms with van der Waals surface area (Å²) in [5.41, 5.74) is 3.78. The number of morpholine rings is 1. The van der Waals surface area contributed by atoms with E-state index in [0.717, 1.165) is 70.3 Å². The number of ether oxygens (including phenoxy) is 1. The molecule has 4 rings (SSSR count). The van der Waals surface area contributed by atoms with Gasteiger partial charge in [0.1, 0.15) is 0 Å². The summed E-state index contributed by atoms with van der Waals surface area (Å²) in [7, 11) is 1.82. The zero-order valence-corrected chi connectivity index (χ0v) is 21.7. The van der Waals surface area contributed by atoms with Crippen LogP contribution in [0.25, 0.3) is 10.2 Å². The predicted molar refractivity (Wildman–Crippen MR) is 144 cm³/mol. The molecule has 172 valence electrons. The van der Waals surface area contributed by atoms with Crippen molar-refractivity contribution in [3.63, 3.8) is 0 Å². The van der Waals surface area contributed by atoms with Crippen LogP contribution in [0.2, 0.25) is 0 Å². The van der Waals surface area contributed by atoms with Gasteiger partial charge in [-0.1, -0.05) is 36.4 Å². The molecule has 1 aromatic heterocycles. The molecule has 0 radical (unpaired) electrons. The normalized spacial score (nSPS) is 14.8. The van der Waals surface area contributed by atoms with Crippen LogP contribution in [0.1, 0.15) is 22.6 Å². The van der Waals surface area contributed by atoms with Crippen LogP contribution in [-0.2, 0) is 24.2 Å². The van der Waals surface area contributed by atoms with Crippen molar-refractivity contribution < 1.29 is 4.74 Å². The molecule has 2 N–H and O–H groups in total. The van der Waals surface area contributed by atoms with Gasteiger partial charge in [0.15, 0.2) is 5.96 Å². The van der Waals surface area contributed by atoms with Crippen molar-refractivity contribution in [2.24, 2.45) is 4.99 Å². The Balaban J connectivity index is 0.00000289. The predicted octanol–water partition coefficient (Wildman–Crippen LogP) is 4.04. The Morgan fingerprint density at radius 2 is 1.81 bits per heavy atom. The lowest BCUT2D eigenvalue weighted by molar-refractivity contribution is 0.0341. The number of nitrogens with one attached hydrogen (secondary N) is 2. The van der Waals surface area contributed by atoms with E-state index >= 15 is 0 Å². The second-order valence-corrected chi connectivity index (χ2v) is 8.80. The molecule has 1 aliphatic heterocycles. The number of halogens is 1. The number of nitrogens with zero attached hydrogens (tertiary/aromatic N) is 3. The monoisotopic (exact) mass is 565 g/mol. The molecule has 3 aromatic rings. The van der Waals surface area contributed by atoms with Crippen molar-refractivity contribution in [2.75, 3.05) is 39.9 Å². The fraction of sp³-hybridized carbons (Fsp3) is 0.417. The molecule has 1 fully saturated rings. The van der Waals surface area contributed by atoms with Crippen molar-refractivity contribution in [3.8, 4) is 0 Å². The van der Waals surface area contributed by atoms with Crippen molar-refractivity contribution in [3.05, 3.63) is 64.7 Å². The number of aliphatic imine (C=N–C) groups is 1. The molecule has 1 saturated heterocycles. The van der Waals surface area contributed by atoms with Gasteiger partial charge in [-0.2, -0.15) is 0 Å². The van der Waals surface area contributed by atoms with E-state index in [9.17, 15) is 0 Å². The van der Waals surface area contributed by atoms with E-state index in [1.54, 1.807) is 11.3 Å². The minimum atomic E-state index is 0. The van der Waals surface area contributed by atoms with Gasteiger partial charge in [-0.15, -0.1) is 35.3 Å². The molecule has 0 atom stereocenters. The van der Waals surface area contributed by atoms with Gasteiger partial charge in [-0.3, -0.25) is 9.89 Å². The molecule has 0 bridgehead atoms. The first kappa shape index (κ1) is 24.9. The lowest BCUT2D eigenvalue weighted by Crippen LogP contribution is -2.38. The summed E-state index contributed by atoms with van der Waals surface area (Å²) < 4.78 is 6.73. The zero-order valence-electron chi connectivity index (χ0n) is 18.5. The lowest BCUT2D eigenvalue weighted by Gasteiger charge is -2.27. The van der Waals surface area contributed by atoms with Gasteiger partial charge < -0.3 is 15.4 Å². The van der Waals surface area contributed by atoms with Crippen LogP contribution in [0, 0.1) is 0 Å². The molecule has 0 unspecified atom stereocenters. The van der Waals surface area contributed by atoms with E-state index in [4.69, 9.17) is 9.72 Å². The SMILES string of the molecule is CN=C(NCCCc1nc2ccccc2s1)NCc1ccccc1CN1CCOCC1.I. The maximum Gasteiger partial charge on any atom is 0.191 e. The molecule has 0 spiro atoms. The van der Waals surface area contributed by atoms with Crippen LogP contribution < -0.4 is 10.6 Å². The van der Waals surface area contributed by atoms with E-state index in [1.807, 2.05) is 13.1 Å². The van der Waals surface area contributed by atoms with E-state index in [-0.39, 0.29) is 24.0 Å². The molecular formula is C24H32IN5OS. The van der Waals surface area contributed by atoms with Gasteiger partial charge in [0.05, 0.1) is 28.4 Å². The Hall–Kier alpha value is -1.75. The van der Waals surface area contributed by atoms with E-state index < -0.39 is 0 Å². The molecule has 32 heavy (non-hydrogen) atoms. The maximum absolute atomic E-state index is 5.47. The number of aromatic nitrogens is 1.